The topological polar surface area (TPSA) is 122 Å². The predicted octanol–water partition coefficient (Wildman–Crippen LogP) is 4.56. The standard InChI is InChI=1S/C25H27FN4O5/c1-25(2,3)35-24(33)28-20(12-15-8-6-5-7-9-15)21-14-17(22(31)30-29-21)16-10-11-19(18(26)13-16)27-23(32)34-4/h5-11,13-14,20H,12H2,1-4H3,(H,27,32)(H,28,33)(H,30,31)/t20-/m0/s1. The molecule has 3 N–H and O–H groups in total. The Bertz CT molecular complexity index is 1250. The Morgan fingerprint density at radius 1 is 1.09 bits per heavy atom. The van der Waals surface area contributed by atoms with Crippen LogP contribution in [0.25, 0.3) is 11.1 Å². The lowest BCUT2D eigenvalue weighted by atomic mass is 10.00. The molecule has 0 bridgehead atoms. The molecule has 0 radical (unpaired) electrons. The van der Waals surface area contributed by atoms with E-state index in [0.29, 0.717) is 12.1 Å². The number of ether oxygens (including phenoxy) is 2. The molecule has 1 heterocycles. The number of hydrogen-bond acceptors (Lipinski definition) is 6. The third-order valence-corrected chi connectivity index (χ3v) is 4.86. The summed E-state index contributed by atoms with van der Waals surface area (Å²) < 4.78 is 24.4. The highest BCUT2D eigenvalue weighted by molar-refractivity contribution is 5.85. The number of carbonyl (C=O) groups excluding carboxylic acids is 2. The quantitative estimate of drug-likeness (QED) is 0.473. The van der Waals surface area contributed by atoms with E-state index in [2.05, 4.69) is 25.6 Å². The molecule has 35 heavy (non-hydrogen) atoms. The van der Waals surface area contributed by atoms with Crippen LogP contribution >= 0.6 is 0 Å². The van der Waals surface area contributed by atoms with E-state index in [9.17, 15) is 18.8 Å². The molecule has 0 unspecified atom stereocenters. The highest BCUT2D eigenvalue weighted by Gasteiger charge is 2.23. The highest BCUT2D eigenvalue weighted by atomic mass is 19.1. The number of aromatic amines is 1. The van der Waals surface area contributed by atoms with Crippen LogP contribution in [-0.4, -0.2) is 35.1 Å². The van der Waals surface area contributed by atoms with Gasteiger partial charge < -0.3 is 14.8 Å². The Balaban J connectivity index is 1.96. The number of carbonyl (C=O) groups is 2. The number of methoxy groups -OCH3 is 1. The number of aromatic nitrogens is 2. The first-order chi connectivity index (χ1) is 16.6. The van der Waals surface area contributed by atoms with E-state index in [1.165, 1.54) is 18.2 Å². The second-order valence-corrected chi connectivity index (χ2v) is 8.74. The second kappa shape index (κ2) is 10.8. The molecule has 2 amide bonds. The maximum absolute atomic E-state index is 14.6. The van der Waals surface area contributed by atoms with E-state index < -0.39 is 35.2 Å². The van der Waals surface area contributed by atoms with Gasteiger partial charge in [0.25, 0.3) is 5.56 Å². The number of benzene rings is 2. The van der Waals surface area contributed by atoms with Gasteiger partial charge in [-0.3, -0.25) is 10.1 Å². The Labute approximate surface area is 201 Å². The molecule has 0 aliphatic rings. The first-order valence-electron chi connectivity index (χ1n) is 10.8. The fraction of sp³-hybridized carbons (Fsp3) is 0.280. The summed E-state index contributed by atoms with van der Waals surface area (Å²) in [5.41, 5.74) is 0.333. The van der Waals surface area contributed by atoms with Gasteiger partial charge in [-0.05, 0) is 56.5 Å². The summed E-state index contributed by atoms with van der Waals surface area (Å²) in [5.74, 6) is -0.752. The molecule has 3 rings (SSSR count). The maximum atomic E-state index is 14.6. The smallest absolute Gasteiger partial charge is 0.411 e. The van der Waals surface area contributed by atoms with Crippen LogP contribution in [0.2, 0.25) is 0 Å². The number of hydrogen-bond donors (Lipinski definition) is 3. The van der Waals surface area contributed by atoms with Gasteiger partial charge in [0.2, 0.25) is 0 Å². The molecule has 3 aromatic rings. The molecular formula is C25H27FN4O5. The van der Waals surface area contributed by atoms with Gasteiger partial charge >= 0.3 is 12.2 Å². The number of amides is 2. The number of alkyl carbamates (subject to hydrolysis) is 1. The summed E-state index contributed by atoms with van der Waals surface area (Å²) in [6, 6.07) is 14.2. The molecule has 0 saturated heterocycles. The van der Waals surface area contributed by atoms with E-state index >= 15 is 0 Å². The summed E-state index contributed by atoms with van der Waals surface area (Å²) in [5, 5.41) is 11.6. The molecule has 1 aromatic heterocycles. The van der Waals surface area contributed by atoms with Gasteiger partial charge in [0.1, 0.15) is 11.4 Å². The maximum Gasteiger partial charge on any atom is 0.411 e. The molecule has 0 fully saturated rings. The lowest BCUT2D eigenvalue weighted by Gasteiger charge is -2.23. The Hall–Kier alpha value is -4.21. The van der Waals surface area contributed by atoms with Crippen molar-refractivity contribution >= 4 is 17.9 Å². The fourth-order valence-corrected chi connectivity index (χ4v) is 3.29. The Morgan fingerprint density at radius 3 is 2.43 bits per heavy atom. The van der Waals surface area contributed by atoms with E-state index in [4.69, 9.17) is 4.74 Å². The fourth-order valence-electron chi connectivity index (χ4n) is 3.29. The summed E-state index contributed by atoms with van der Waals surface area (Å²) in [6.45, 7) is 5.26. The van der Waals surface area contributed by atoms with Crippen molar-refractivity contribution in [3.63, 3.8) is 0 Å². The summed E-state index contributed by atoms with van der Waals surface area (Å²) >= 11 is 0. The molecule has 0 aliphatic carbocycles. The summed E-state index contributed by atoms with van der Waals surface area (Å²) in [6.07, 6.45) is -1.09. The predicted molar refractivity (Wildman–Crippen MR) is 129 cm³/mol. The van der Waals surface area contributed by atoms with Crippen LogP contribution in [0.5, 0.6) is 0 Å². The third kappa shape index (κ3) is 7.13. The molecule has 0 saturated carbocycles. The summed E-state index contributed by atoms with van der Waals surface area (Å²) in [4.78, 5) is 36.4. The lowest BCUT2D eigenvalue weighted by Crippen LogP contribution is -2.36. The van der Waals surface area contributed by atoms with Crippen LogP contribution in [0.1, 0.15) is 38.1 Å². The van der Waals surface area contributed by atoms with Crippen molar-refractivity contribution in [1.82, 2.24) is 15.5 Å². The van der Waals surface area contributed by atoms with Gasteiger partial charge in [0.05, 0.1) is 30.1 Å². The average molecular weight is 483 g/mol. The molecule has 9 nitrogen and oxygen atoms in total. The monoisotopic (exact) mass is 482 g/mol. The largest absolute Gasteiger partial charge is 0.453 e. The zero-order chi connectivity index (χ0) is 25.6. The van der Waals surface area contributed by atoms with E-state index in [0.717, 1.165) is 18.7 Å². The number of nitrogens with zero attached hydrogens (tertiary/aromatic N) is 1. The molecule has 184 valence electrons. The Morgan fingerprint density at radius 2 is 1.80 bits per heavy atom. The second-order valence-electron chi connectivity index (χ2n) is 8.74. The summed E-state index contributed by atoms with van der Waals surface area (Å²) in [7, 11) is 1.16. The van der Waals surface area contributed by atoms with Crippen molar-refractivity contribution in [2.45, 2.75) is 38.8 Å². The van der Waals surface area contributed by atoms with Crippen molar-refractivity contribution in [1.29, 1.82) is 0 Å². The van der Waals surface area contributed by atoms with Crippen molar-refractivity contribution in [2.75, 3.05) is 12.4 Å². The van der Waals surface area contributed by atoms with Crippen LogP contribution in [-0.2, 0) is 15.9 Å². The molecular weight excluding hydrogens is 455 g/mol. The minimum atomic E-state index is -0.822. The van der Waals surface area contributed by atoms with Gasteiger partial charge in [0, 0.05) is 0 Å². The molecule has 10 heteroatoms. The van der Waals surface area contributed by atoms with Gasteiger partial charge in [0.15, 0.2) is 0 Å². The van der Waals surface area contributed by atoms with Crippen LogP contribution in [0.4, 0.5) is 19.7 Å². The Kier molecular flexibility index (Phi) is 7.85. The average Bonchev–Trinajstić information content (AvgIpc) is 2.79. The minimum absolute atomic E-state index is 0.0974. The molecule has 0 aliphatic heterocycles. The molecule has 0 spiro atoms. The van der Waals surface area contributed by atoms with Gasteiger partial charge in [-0.25, -0.2) is 19.1 Å². The van der Waals surface area contributed by atoms with Crippen LogP contribution in [0.3, 0.4) is 0 Å². The van der Waals surface area contributed by atoms with Crippen molar-refractivity contribution in [3.05, 3.63) is 82.0 Å². The van der Waals surface area contributed by atoms with Crippen LogP contribution < -0.4 is 16.2 Å². The zero-order valence-electron chi connectivity index (χ0n) is 19.8. The SMILES string of the molecule is COC(=O)Nc1ccc(-c2cc([C@H](Cc3ccccc3)NC(=O)OC(C)(C)C)n[nH]c2=O)cc1F. The number of rotatable bonds is 6. The van der Waals surface area contributed by atoms with E-state index in [1.807, 2.05) is 30.3 Å². The highest BCUT2D eigenvalue weighted by Crippen LogP contribution is 2.25. The number of nitrogens with one attached hydrogen (secondary N) is 3. The van der Waals surface area contributed by atoms with Gasteiger partial charge in [-0.2, -0.15) is 5.10 Å². The van der Waals surface area contributed by atoms with E-state index in [-0.39, 0.29) is 16.8 Å². The zero-order valence-corrected chi connectivity index (χ0v) is 19.8. The lowest BCUT2D eigenvalue weighted by molar-refractivity contribution is 0.0502. The number of halogens is 1. The first kappa shape index (κ1) is 25.4. The normalized spacial score (nSPS) is 11.9. The third-order valence-electron chi connectivity index (χ3n) is 4.86. The van der Waals surface area contributed by atoms with Crippen LogP contribution in [0.15, 0.2) is 59.4 Å². The van der Waals surface area contributed by atoms with Gasteiger partial charge in [-0.1, -0.05) is 36.4 Å². The van der Waals surface area contributed by atoms with Crippen LogP contribution in [0, 0.1) is 5.82 Å². The molecule has 1 atom stereocenters. The van der Waals surface area contributed by atoms with E-state index in [1.54, 1.807) is 20.8 Å². The van der Waals surface area contributed by atoms with Crippen molar-refractivity contribution in [2.24, 2.45) is 0 Å². The minimum Gasteiger partial charge on any atom is -0.453 e. The number of anilines is 1. The number of H-pyrrole nitrogens is 1. The van der Waals surface area contributed by atoms with Crippen molar-refractivity contribution < 1.29 is 23.5 Å². The van der Waals surface area contributed by atoms with Crippen molar-refractivity contribution in [3.8, 4) is 11.1 Å². The first-order valence-corrected chi connectivity index (χ1v) is 10.8. The van der Waals surface area contributed by atoms with Gasteiger partial charge in [-0.15, -0.1) is 0 Å². The molecule has 2 aromatic carbocycles.